The summed E-state index contributed by atoms with van der Waals surface area (Å²) in [5.74, 6) is 2.19. The van der Waals surface area contributed by atoms with Gasteiger partial charge in [-0.1, -0.05) is 18.6 Å². The van der Waals surface area contributed by atoms with Crippen LogP contribution in [0, 0.1) is 17.8 Å². The number of carbonyl (C=O) groups excluding carboxylic acids is 2. The summed E-state index contributed by atoms with van der Waals surface area (Å²) >= 11 is 0. The molecule has 134 valence electrons. The molecule has 1 heterocycles. The molecule has 0 unspecified atom stereocenters. The SMILES string of the molecule is COc1cccc(CN2C[C@@H](C(=O)N[C@@H]3C[C@H]4CC[C@H]3C4)CC2=O)c1. The van der Waals surface area contributed by atoms with Gasteiger partial charge in [-0.25, -0.2) is 0 Å². The Morgan fingerprint density at radius 2 is 2.20 bits per heavy atom. The van der Waals surface area contributed by atoms with Gasteiger partial charge in [0.1, 0.15) is 5.75 Å². The average molecular weight is 342 g/mol. The van der Waals surface area contributed by atoms with Gasteiger partial charge in [0, 0.05) is 25.6 Å². The molecule has 4 atom stereocenters. The molecule has 25 heavy (non-hydrogen) atoms. The van der Waals surface area contributed by atoms with Crippen LogP contribution in [0.25, 0.3) is 0 Å². The first kappa shape index (κ1) is 16.4. The number of likely N-dealkylation sites (tertiary alicyclic amines) is 1. The van der Waals surface area contributed by atoms with Gasteiger partial charge in [0.2, 0.25) is 11.8 Å². The third-order valence-corrected chi connectivity index (χ3v) is 6.16. The smallest absolute Gasteiger partial charge is 0.225 e. The number of ether oxygens (including phenoxy) is 1. The lowest BCUT2D eigenvalue weighted by atomic mass is 9.94. The van der Waals surface area contributed by atoms with E-state index in [1.54, 1.807) is 12.0 Å². The zero-order valence-electron chi connectivity index (χ0n) is 14.7. The fourth-order valence-corrected chi connectivity index (χ4v) is 4.81. The van der Waals surface area contributed by atoms with Crippen molar-refractivity contribution < 1.29 is 14.3 Å². The van der Waals surface area contributed by atoms with Crippen molar-refractivity contribution in [1.82, 2.24) is 10.2 Å². The van der Waals surface area contributed by atoms with Crippen molar-refractivity contribution in [1.29, 1.82) is 0 Å². The Bertz CT molecular complexity index is 675. The monoisotopic (exact) mass is 342 g/mol. The molecule has 3 fully saturated rings. The number of hydrogen-bond acceptors (Lipinski definition) is 3. The molecular formula is C20H26N2O3. The van der Waals surface area contributed by atoms with E-state index in [1.807, 2.05) is 24.3 Å². The number of benzene rings is 1. The van der Waals surface area contributed by atoms with Crippen molar-refractivity contribution in [2.75, 3.05) is 13.7 Å². The Morgan fingerprint density at radius 1 is 1.32 bits per heavy atom. The summed E-state index contributed by atoms with van der Waals surface area (Å²) in [5.41, 5.74) is 1.03. The van der Waals surface area contributed by atoms with Crippen molar-refractivity contribution in [3.05, 3.63) is 29.8 Å². The van der Waals surface area contributed by atoms with Crippen molar-refractivity contribution in [2.24, 2.45) is 17.8 Å². The van der Waals surface area contributed by atoms with Gasteiger partial charge >= 0.3 is 0 Å². The van der Waals surface area contributed by atoms with Crippen LogP contribution in [0.5, 0.6) is 5.75 Å². The van der Waals surface area contributed by atoms with Crippen LogP contribution in [0.4, 0.5) is 0 Å². The lowest BCUT2D eigenvalue weighted by Crippen LogP contribution is -2.42. The highest BCUT2D eigenvalue weighted by molar-refractivity contribution is 5.89. The quantitative estimate of drug-likeness (QED) is 0.894. The zero-order chi connectivity index (χ0) is 17.4. The standard InChI is InChI=1S/C20H26N2O3/c1-25-17-4-2-3-14(8-17)11-22-12-16(10-19(22)23)20(24)21-18-9-13-5-6-15(18)7-13/h2-4,8,13,15-16,18H,5-7,9-12H2,1H3,(H,21,24)/t13-,15-,16-,18+/m0/s1. The zero-order valence-corrected chi connectivity index (χ0v) is 14.7. The molecule has 5 nitrogen and oxygen atoms in total. The number of hydrogen-bond donors (Lipinski definition) is 1. The third kappa shape index (κ3) is 3.37. The minimum absolute atomic E-state index is 0.0657. The van der Waals surface area contributed by atoms with Crippen LogP contribution in [0.2, 0.25) is 0 Å². The van der Waals surface area contributed by atoms with Gasteiger partial charge in [-0.15, -0.1) is 0 Å². The predicted octanol–water partition coefficient (Wildman–Crippen LogP) is 2.35. The van der Waals surface area contributed by atoms with E-state index in [0.29, 0.717) is 31.5 Å². The first-order chi connectivity index (χ1) is 12.1. The molecule has 5 heteroatoms. The Hall–Kier alpha value is -2.04. The van der Waals surface area contributed by atoms with E-state index < -0.39 is 0 Å². The summed E-state index contributed by atoms with van der Waals surface area (Å²) in [6.07, 6.45) is 5.31. The highest BCUT2D eigenvalue weighted by Gasteiger charge is 2.42. The number of methoxy groups -OCH3 is 1. The first-order valence-corrected chi connectivity index (χ1v) is 9.33. The minimum atomic E-state index is -0.211. The maximum Gasteiger partial charge on any atom is 0.225 e. The molecule has 2 aliphatic carbocycles. The number of nitrogens with one attached hydrogen (secondary N) is 1. The Labute approximate surface area is 148 Å². The number of carbonyl (C=O) groups is 2. The molecule has 1 saturated heterocycles. The Kier molecular flexibility index (Phi) is 4.40. The van der Waals surface area contributed by atoms with E-state index in [2.05, 4.69) is 5.32 Å². The van der Waals surface area contributed by atoms with Crippen LogP contribution in [0.1, 0.15) is 37.7 Å². The molecule has 1 N–H and O–H groups in total. The second-order valence-electron chi connectivity index (χ2n) is 7.82. The second kappa shape index (κ2) is 6.70. The molecule has 2 saturated carbocycles. The summed E-state index contributed by atoms with van der Waals surface area (Å²) in [5, 5.41) is 3.24. The summed E-state index contributed by atoms with van der Waals surface area (Å²) in [6.45, 7) is 1.05. The fourth-order valence-electron chi connectivity index (χ4n) is 4.81. The summed E-state index contributed by atoms with van der Waals surface area (Å²) < 4.78 is 5.24. The molecular weight excluding hydrogens is 316 g/mol. The summed E-state index contributed by atoms with van der Waals surface area (Å²) in [6, 6.07) is 8.08. The van der Waals surface area contributed by atoms with E-state index in [1.165, 1.54) is 19.3 Å². The van der Waals surface area contributed by atoms with Gasteiger partial charge < -0.3 is 15.0 Å². The van der Waals surface area contributed by atoms with Crippen LogP contribution in [0.15, 0.2) is 24.3 Å². The number of nitrogens with zero attached hydrogens (tertiary/aromatic N) is 1. The summed E-state index contributed by atoms with van der Waals surface area (Å²) in [7, 11) is 1.64. The topological polar surface area (TPSA) is 58.6 Å². The molecule has 0 radical (unpaired) electrons. The van der Waals surface area contributed by atoms with E-state index in [-0.39, 0.29) is 17.7 Å². The van der Waals surface area contributed by atoms with Crippen molar-refractivity contribution in [3.63, 3.8) is 0 Å². The van der Waals surface area contributed by atoms with E-state index in [4.69, 9.17) is 4.74 Å². The van der Waals surface area contributed by atoms with Gasteiger partial charge in [-0.05, 0) is 48.8 Å². The molecule has 1 aromatic carbocycles. The maximum atomic E-state index is 12.6. The van der Waals surface area contributed by atoms with E-state index >= 15 is 0 Å². The minimum Gasteiger partial charge on any atom is -0.497 e. The number of amides is 2. The third-order valence-electron chi connectivity index (χ3n) is 6.16. The second-order valence-corrected chi connectivity index (χ2v) is 7.82. The Balaban J connectivity index is 1.34. The molecule has 1 aromatic rings. The normalized spacial score (nSPS) is 30.8. The lowest BCUT2D eigenvalue weighted by molar-refractivity contribution is -0.129. The lowest BCUT2D eigenvalue weighted by Gasteiger charge is -2.24. The fraction of sp³-hybridized carbons (Fsp3) is 0.600. The van der Waals surface area contributed by atoms with Crippen LogP contribution < -0.4 is 10.1 Å². The highest BCUT2D eigenvalue weighted by Crippen LogP contribution is 2.44. The molecule has 2 amide bonds. The maximum absolute atomic E-state index is 12.6. The average Bonchev–Trinajstić information content (AvgIpc) is 3.31. The number of fused-ring (bicyclic) bond motifs is 2. The van der Waals surface area contributed by atoms with Crippen LogP contribution in [-0.2, 0) is 16.1 Å². The highest BCUT2D eigenvalue weighted by atomic mass is 16.5. The molecule has 2 bridgehead atoms. The van der Waals surface area contributed by atoms with Gasteiger partial charge in [-0.3, -0.25) is 9.59 Å². The molecule has 0 spiro atoms. The largest absolute Gasteiger partial charge is 0.497 e. The molecule has 4 rings (SSSR count). The van der Waals surface area contributed by atoms with Crippen molar-refractivity contribution in [2.45, 2.75) is 44.7 Å². The van der Waals surface area contributed by atoms with Gasteiger partial charge in [0.15, 0.2) is 0 Å². The van der Waals surface area contributed by atoms with E-state index in [0.717, 1.165) is 23.7 Å². The van der Waals surface area contributed by atoms with Crippen LogP contribution in [0.3, 0.4) is 0 Å². The van der Waals surface area contributed by atoms with Gasteiger partial charge in [0.25, 0.3) is 0 Å². The predicted molar refractivity (Wildman–Crippen MR) is 93.9 cm³/mol. The molecule has 1 aliphatic heterocycles. The first-order valence-electron chi connectivity index (χ1n) is 9.33. The van der Waals surface area contributed by atoms with Gasteiger partial charge in [-0.2, -0.15) is 0 Å². The van der Waals surface area contributed by atoms with E-state index in [9.17, 15) is 9.59 Å². The van der Waals surface area contributed by atoms with Crippen molar-refractivity contribution >= 4 is 11.8 Å². The molecule has 3 aliphatic rings. The number of rotatable bonds is 5. The summed E-state index contributed by atoms with van der Waals surface area (Å²) in [4.78, 5) is 26.7. The molecule has 0 aromatic heterocycles. The van der Waals surface area contributed by atoms with Crippen LogP contribution in [-0.4, -0.2) is 36.4 Å². The van der Waals surface area contributed by atoms with Crippen LogP contribution >= 0.6 is 0 Å². The Morgan fingerprint density at radius 3 is 2.92 bits per heavy atom. The van der Waals surface area contributed by atoms with Gasteiger partial charge in [0.05, 0.1) is 13.0 Å². The van der Waals surface area contributed by atoms with Crippen molar-refractivity contribution in [3.8, 4) is 5.75 Å².